The Morgan fingerprint density at radius 3 is 2.60 bits per heavy atom. The lowest BCUT2D eigenvalue weighted by atomic mass is 10.1. The number of hydrogen-bond acceptors (Lipinski definition) is 7. The van der Waals surface area contributed by atoms with E-state index in [0.29, 0.717) is 64.4 Å². The number of rotatable bonds is 11. The molecule has 10 nitrogen and oxygen atoms in total. The summed E-state index contributed by atoms with van der Waals surface area (Å²) in [5.74, 6) is 1.03. The first kappa shape index (κ1) is 29.0. The summed E-state index contributed by atoms with van der Waals surface area (Å²) in [5, 5.41) is 11.3. The Morgan fingerprint density at radius 1 is 1.15 bits per heavy atom. The maximum atomic E-state index is 12.8. The highest BCUT2D eigenvalue weighted by molar-refractivity contribution is 6.34. The fraction of sp³-hybridized carbons (Fsp3) is 0.345. The molecule has 3 heterocycles. The van der Waals surface area contributed by atoms with Crippen molar-refractivity contribution in [3.8, 4) is 17.0 Å². The molecule has 0 saturated heterocycles. The molecule has 0 aliphatic rings. The van der Waals surface area contributed by atoms with Gasteiger partial charge in [0.15, 0.2) is 11.5 Å². The molecule has 0 bridgehead atoms. The van der Waals surface area contributed by atoms with Crippen molar-refractivity contribution in [3.63, 3.8) is 0 Å². The SMILES string of the molecule is CC(C)CCCn1nc(NC(=O)c2cccnc2)c2cc(Cl)c(-c3ccc(OC(=O)NCCN(C)C)cc3)nc21. The van der Waals surface area contributed by atoms with Gasteiger partial charge in [-0.25, -0.2) is 14.5 Å². The van der Waals surface area contributed by atoms with Crippen molar-refractivity contribution in [1.29, 1.82) is 0 Å². The zero-order chi connectivity index (χ0) is 28.6. The molecule has 11 heteroatoms. The summed E-state index contributed by atoms with van der Waals surface area (Å²) in [4.78, 5) is 35.8. The molecule has 40 heavy (non-hydrogen) atoms. The molecule has 1 aromatic carbocycles. The van der Waals surface area contributed by atoms with E-state index >= 15 is 0 Å². The highest BCUT2D eigenvalue weighted by Crippen LogP contribution is 2.33. The lowest BCUT2D eigenvalue weighted by molar-refractivity contribution is 0.102. The maximum absolute atomic E-state index is 12.8. The van der Waals surface area contributed by atoms with Crippen LogP contribution in [0.1, 0.15) is 37.0 Å². The van der Waals surface area contributed by atoms with Crippen LogP contribution < -0.4 is 15.4 Å². The van der Waals surface area contributed by atoms with Gasteiger partial charge in [-0.2, -0.15) is 5.10 Å². The Bertz CT molecular complexity index is 1450. The minimum atomic E-state index is -0.515. The lowest BCUT2D eigenvalue weighted by Gasteiger charge is -2.11. The van der Waals surface area contributed by atoms with Crippen LogP contribution in [0.15, 0.2) is 54.9 Å². The number of aromatic nitrogens is 4. The highest BCUT2D eigenvalue weighted by atomic mass is 35.5. The third-order valence-electron chi connectivity index (χ3n) is 6.15. The van der Waals surface area contributed by atoms with Gasteiger partial charge in [-0.3, -0.25) is 9.78 Å². The third-order valence-corrected chi connectivity index (χ3v) is 6.44. The molecule has 0 fully saturated rings. The van der Waals surface area contributed by atoms with E-state index in [9.17, 15) is 9.59 Å². The zero-order valence-corrected chi connectivity index (χ0v) is 23.9. The summed E-state index contributed by atoms with van der Waals surface area (Å²) in [6.07, 6.45) is 4.54. The van der Waals surface area contributed by atoms with Crippen LogP contribution in [0.4, 0.5) is 10.6 Å². The number of pyridine rings is 2. The van der Waals surface area contributed by atoms with E-state index in [-0.39, 0.29) is 5.91 Å². The molecule has 210 valence electrons. The van der Waals surface area contributed by atoms with Crippen LogP contribution in [0.3, 0.4) is 0 Å². The number of halogens is 1. The number of benzene rings is 1. The number of likely N-dealkylation sites (N-methyl/N-ethyl adjacent to an activating group) is 1. The molecule has 0 radical (unpaired) electrons. The number of ether oxygens (including phenoxy) is 1. The normalized spacial score (nSPS) is 11.3. The Labute approximate surface area is 238 Å². The predicted octanol–water partition coefficient (Wildman–Crippen LogP) is 5.49. The van der Waals surface area contributed by atoms with Gasteiger partial charge in [-0.15, -0.1) is 0 Å². The minimum absolute atomic E-state index is 0.316. The van der Waals surface area contributed by atoms with Crippen molar-refractivity contribution in [1.82, 2.24) is 30.0 Å². The van der Waals surface area contributed by atoms with Gasteiger partial charge in [0.25, 0.3) is 5.91 Å². The molecule has 4 rings (SSSR count). The molecule has 4 aromatic rings. The lowest BCUT2D eigenvalue weighted by Crippen LogP contribution is -2.33. The van der Waals surface area contributed by atoms with Crippen LogP contribution in [0.25, 0.3) is 22.3 Å². The first-order chi connectivity index (χ1) is 19.2. The van der Waals surface area contributed by atoms with Crippen molar-refractivity contribution >= 4 is 40.5 Å². The number of nitrogens with zero attached hydrogens (tertiary/aromatic N) is 5. The standard InChI is InChI=1S/C29H34ClN7O3/c1-19(2)7-6-15-37-27-23(26(35-37)34-28(38)21-8-5-13-31-18-21)17-24(30)25(33-27)20-9-11-22(12-10-20)40-29(39)32-14-16-36(3)4/h5,8-13,17-19H,6-7,14-16H2,1-4H3,(H,32,39)(H,34,35,38). The van der Waals surface area contributed by atoms with Crippen LogP contribution in [-0.2, 0) is 6.54 Å². The number of fused-ring (bicyclic) bond motifs is 1. The molecular weight excluding hydrogens is 530 g/mol. The van der Waals surface area contributed by atoms with Gasteiger partial charge >= 0.3 is 6.09 Å². The average molecular weight is 564 g/mol. The summed E-state index contributed by atoms with van der Waals surface area (Å²) < 4.78 is 7.18. The monoisotopic (exact) mass is 563 g/mol. The first-order valence-corrected chi connectivity index (χ1v) is 13.6. The van der Waals surface area contributed by atoms with Crippen LogP contribution in [-0.4, -0.2) is 63.8 Å². The molecule has 0 aliphatic heterocycles. The molecule has 0 atom stereocenters. The second-order valence-corrected chi connectivity index (χ2v) is 10.5. The second kappa shape index (κ2) is 13.4. The topological polar surface area (TPSA) is 114 Å². The summed E-state index contributed by atoms with van der Waals surface area (Å²) in [6, 6.07) is 12.2. The number of aryl methyl sites for hydroxylation is 1. The van der Waals surface area contributed by atoms with E-state index in [1.165, 1.54) is 6.20 Å². The Morgan fingerprint density at radius 2 is 1.93 bits per heavy atom. The van der Waals surface area contributed by atoms with Crippen LogP contribution in [0.5, 0.6) is 5.75 Å². The van der Waals surface area contributed by atoms with Gasteiger partial charge in [-0.05, 0) is 75.3 Å². The van der Waals surface area contributed by atoms with E-state index in [1.807, 2.05) is 23.7 Å². The number of amides is 2. The molecule has 0 aliphatic carbocycles. The largest absolute Gasteiger partial charge is 0.412 e. The van der Waals surface area contributed by atoms with Gasteiger partial charge < -0.3 is 20.3 Å². The fourth-order valence-electron chi connectivity index (χ4n) is 4.05. The van der Waals surface area contributed by atoms with Crippen LogP contribution >= 0.6 is 11.6 Å². The second-order valence-electron chi connectivity index (χ2n) is 10.1. The van der Waals surface area contributed by atoms with Gasteiger partial charge in [0.1, 0.15) is 5.75 Å². The van der Waals surface area contributed by atoms with Gasteiger partial charge in [0.05, 0.1) is 21.7 Å². The minimum Gasteiger partial charge on any atom is -0.410 e. The van der Waals surface area contributed by atoms with E-state index in [1.54, 1.807) is 48.7 Å². The number of carbonyl (C=O) groups excluding carboxylic acids is 2. The number of nitrogens with one attached hydrogen (secondary N) is 2. The van der Waals surface area contributed by atoms with Crippen molar-refractivity contribution in [2.24, 2.45) is 5.92 Å². The Balaban J connectivity index is 1.59. The smallest absolute Gasteiger partial charge is 0.410 e. The molecule has 0 spiro atoms. The fourth-order valence-corrected chi connectivity index (χ4v) is 4.31. The van der Waals surface area contributed by atoms with Gasteiger partial charge in [0.2, 0.25) is 0 Å². The molecule has 0 saturated carbocycles. The van der Waals surface area contributed by atoms with E-state index in [2.05, 4.69) is 34.6 Å². The molecule has 0 unspecified atom stereocenters. The summed E-state index contributed by atoms with van der Waals surface area (Å²) >= 11 is 6.70. The van der Waals surface area contributed by atoms with Crippen LogP contribution in [0.2, 0.25) is 5.02 Å². The summed E-state index contributed by atoms with van der Waals surface area (Å²) in [6.45, 7) is 6.19. The summed E-state index contributed by atoms with van der Waals surface area (Å²) in [5.41, 5.74) is 2.36. The molecule has 2 amide bonds. The van der Waals surface area contributed by atoms with E-state index in [0.717, 1.165) is 18.4 Å². The predicted molar refractivity (Wildman–Crippen MR) is 157 cm³/mol. The molecule has 2 N–H and O–H groups in total. The maximum Gasteiger partial charge on any atom is 0.412 e. The third kappa shape index (κ3) is 7.55. The van der Waals surface area contributed by atoms with E-state index < -0.39 is 6.09 Å². The highest BCUT2D eigenvalue weighted by Gasteiger charge is 2.19. The molecule has 3 aromatic heterocycles. The van der Waals surface area contributed by atoms with Crippen molar-refractivity contribution in [2.45, 2.75) is 33.2 Å². The first-order valence-electron chi connectivity index (χ1n) is 13.2. The average Bonchev–Trinajstić information content (AvgIpc) is 3.24. The van der Waals surface area contributed by atoms with Crippen molar-refractivity contribution in [2.75, 3.05) is 32.5 Å². The Kier molecular flexibility index (Phi) is 9.68. The number of hydrogen-bond donors (Lipinski definition) is 2. The van der Waals surface area contributed by atoms with Gasteiger partial charge in [0, 0.05) is 37.6 Å². The van der Waals surface area contributed by atoms with E-state index in [4.69, 9.17) is 21.3 Å². The quantitative estimate of drug-likeness (QED) is 0.248. The van der Waals surface area contributed by atoms with Crippen molar-refractivity contribution in [3.05, 3.63) is 65.4 Å². The number of anilines is 1. The Hall–Kier alpha value is -4.02. The molecular formula is C29H34ClN7O3. The zero-order valence-electron chi connectivity index (χ0n) is 23.1. The van der Waals surface area contributed by atoms with Crippen LogP contribution in [0, 0.1) is 5.92 Å². The summed E-state index contributed by atoms with van der Waals surface area (Å²) in [7, 11) is 3.86. The van der Waals surface area contributed by atoms with Crippen molar-refractivity contribution < 1.29 is 14.3 Å². The van der Waals surface area contributed by atoms with Gasteiger partial charge in [-0.1, -0.05) is 25.4 Å². The number of carbonyl (C=O) groups is 2.